The zero-order chi connectivity index (χ0) is 10.6. The minimum absolute atomic E-state index is 0.748. The van der Waals surface area contributed by atoms with Gasteiger partial charge in [0.2, 0.25) is 0 Å². The summed E-state index contributed by atoms with van der Waals surface area (Å²) in [7, 11) is 3.68. The first kappa shape index (κ1) is 11.2. The van der Waals surface area contributed by atoms with Crippen LogP contribution in [-0.2, 0) is 18.3 Å². The third-order valence-corrected chi connectivity index (χ3v) is 2.44. The molecule has 0 atom stereocenters. The number of hydrogen-bond acceptors (Lipinski definition) is 3. The minimum Gasteiger partial charge on any atom is -0.383 e. The van der Waals surface area contributed by atoms with Crippen molar-refractivity contribution < 1.29 is 4.74 Å². The number of ether oxygens (including phenoxy) is 1. The lowest BCUT2D eigenvalue weighted by Crippen LogP contribution is -2.19. The maximum absolute atomic E-state index is 4.96. The lowest BCUT2D eigenvalue weighted by Gasteiger charge is -2.04. The van der Waals surface area contributed by atoms with Crippen LogP contribution in [0.2, 0.25) is 0 Å². The van der Waals surface area contributed by atoms with Crippen LogP contribution < -0.4 is 5.32 Å². The molecule has 4 nitrogen and oxygen atoms in total. The summed E-state index contributed by atoms with van der Waals surface area (Å²) in [6.45, 7) is 6.63. The zero-order valence-corrected chi connectivity index (χ0v) is 9.42. The molecule has 0 aliphatic rings. The molecule has 1 rings (SSSR count). The highest BCUT2D eigenvalue weighted by Crippen LogP contribution is 2.10. The first-order chi connectivity index (χ1) is 6.66. The number of nitrogens with zero attached hydrogens (tertiary/aromatic N) is 2. The summed E-state index contributed by atoms with van der Waals surface area (Å²) in [4.78, 5) is 0. The Hall–Kier alpha value is -0.870. The maximum atomic E-state index is 4.96. The minimum atomic E-state index is 0.748. The van der Waals surface area contributed by atoms with Crippen molar-refractivity contribution >= 4 is 0 Å². The summed E-state index contributed by atoms with van der Waals surface area (Å²) in [5, 5.41) is 7.67. The highest BCUT2D eigenvalue weighted by Gasteiger charge is 2.07. The van der Waals surface area contributed by atoms with E-state index in [9.17, 15) is 0 Å². The summed E-state index contributed by atoms with van der Waals surface area (Å²) in [5.74, 6) is 0. The molecule has 0 amide bonds. The van der Waals surface area contributed by atoms with Crippen molar-refractivity contribution in [2.45, 2.75) is 20.4 Å². The lowest BCUT2D eigenvalue weighted by atomic mass is 10.2. The number of nitrogens with one attached hydrogen (secondary N) is 1. The fourth-order valence-electron chi connectivity index (χ4n) is 1.46. The average Bonchev–Trinajstić information content (AvgIpc) is 2.38. The summed E-state index contributed by atoms with van der Waals surface area (Å²) in [6, 6.07) is 0. The van der Waals surface area contributed by atoms with Crippen molar-refractivity contribution in [3.05, 3.63) is 17.0 Å². The second-order valence-corrected chi connectivity index (χ2v) is 3.44. The highest BCUT2D eigenvalue weighted by molar-refractivity contribution is 5.23. The Balaban J connectivity index is 2.49. The largest absolute Gasteiger partial charge is 0.383 e. The molecule has 0 aliphatic carbocycles. The summed E-state index contributed by atoms with van der Waals surface area (Å²) < 4.78 is 6.88. The van der Waals surface area contributed by atoms with Gasteiger partial charge in [0, 0.05) is 38.5 Å². The molecule has 0 aromatic carbocycles. The van der Waals surface area contributed by atoms with Crippen molar-refractivity contribution in [3.63, 3.8) is 0 Å². The average molecular weight is 197 g/mol. The van der Waals surface area contributed by atoms with Gasteiger partial charge in [0.05, 0.1) is 12.3 Å². The fraction of sp³-hybridized carbons (Fsp3) is 0.700. The molecule has 0 saturated heterocycles. The summed E-state index contributed by atoms with van der Waals surface area (Å²) in [6.07, 6.45) is 0. The van der Waals surface area contributed by atoms with Crippen LogP contribution in [0.1, 0.15) is 17.0 Å². The van der Waals surface area contributed by atoms with Crippen LogP contribution in [0.15, 0.2) is 0 Å². The van der Waals surface area contributed by atoms with E-state index in [1.54, 1.807) is 7.11 Å². The molecule has 0 spiro atoms. The monoisotopic (exact) mass is 197 g/mol. The third kappa shape index (κ3) is 2.56. The van der Waals surface area contributed by atoms with E-state index in [0.29, 0.717) is 0 Å². The molecule has 80 valence electrons. The Morgan fingerprint density at radius 2 is 2.14 bits per heavy atom. The molecule has 1 aromatic heterocycles. The predicted octanol–water partition coefficient (Wildman–Crippen LogP) is 0.773. The molecule has 0 bridgehead atoms. The SMILES string of the molecule is COCCNCc1c(C)nn(C)c1C. The maximum Gasteiger partial charge on any atom is 0.0641 e. The number of hydrogen-bond donors (Lipinski definition) is 1. The standard InChI is InChI=1S/C10H19N3O/c1-8-10(7-11-5-6-14-4)9(2)13(3)12-8/h11H,5-7H2,1-4H3. The predicted molar refractivity (Wildman–Crippen MR) is 56.3 cm³/mol. The van der Waals surface area contributed by atoms with Gasteiger partial charge in [-0.1, -0.05) is 0 Å². The first-order valence-electron chi connectivity index (χ1n) is 4.85. The van der Waals surface area contributed by atoms with Gasteiger partial charge in [0.1, 0.15) is 0 Å². The Morgan fingerprint density at radius 1 is 1.43 bits per heavy atom. The van der Waals surface area contributed by atoms with Crippen LogP contribution in [0.25, 0.3) is 0 Å². The summed E-state index contributed by atoms with van der Waals surface area (Å²) in [5.41, 5.74) is 3.63. The molecular formula is C10H19N3O. The normalized spacial score (nSPS) is 10.9. The second-order valence-electron chi connectivity index (χ2n) is 3.44. The highest BCUT2D eigenvalue weighted by atomic mass is 16.5. The van der Waals surface area contributed by atoms with Crippen LogP contribution in [-0.4, -0.2) is 30.0 Å². The summed E-state index contributed by atoms with van der Waals surface area (Å²) >= 11 is 0. The van der Waals surface area contributed by atoms with Crippen molar-refractivity contribution in [1.82, 2.24) is 15.1 Å². The van der Waals surface area contributed by atoms with E-state index in [0.717, 1.165) is 25.4 Å². The van der Waals surface area contributed by atoms with Gasteiger partial charge in [0.25, 0.3) is 0 Å². The van der Waals surface area contributed by atoms with E-state index in [4.69, 9.17) is 4.74 Å². The van der Waals surface area contributed by atoms with E-state index in [-0.39, 0.29) is 0 Å². The van der Waals surface area contributed by atoms with Crippen LogP contribution in [0.3, 0.4) is 0 Å². The topological polar surface area (TPSA) is 39.1 Å². The van der Waals surface area contributed by atoms with Gasteiger partial charge < -0.3 is 10.1 Å². The van der Waals surface area contributed by atoms with Gasteiger partial charge in [-0.2, -0.15) is 5.10 Å². The molecular weight excluding hydrogens is 178 g/mol. The quantitative estimate of drug-likeness (QED) is 0.709. The number of aromatic nitrogens is 2. The van der Waals surface area contributed by atoms with E-state index in [2.05, 4.69) is 17.3 Å². The van der Waals surface area contributed by atoms with Gasteiger partial charge in [-0.05, 0) is 13.8 Å². The number of aryl methyl sites for hydroxylation is 2. The van der Waals surface area contributed by atoms with Crippen molar-refractivity contribution in [3.8, 4) is 0 Å². The second kappa shape index (κ2) is 5.12. The Labute approximate surface area is 85.3 Å². The number of rotatable bonds is 5. The van der Waals surface area contributed by atoms with Crippen LogP contribution in [0.4, 0.5) is 0 Å². The van der Waals surface area contributed by atoms with Gasteiger partial charge in [-0.15, -0.1) is 0 Å². The molecule has 1 heterocycles. The first-order valence-corrected chi connectivity index (χ1v) is 4.85. The van der Waals surface area contributed by atoms with E-state index >= 15 is 0 Å². The molecule has 0 radical (unpaired) electrons. The fourth-order valence-corrected chi connectivity index (χ4v) is 1.46. The Kier molecular flexibility index (Phi) is 4.10. The van der Waals surface area contributed by atoms with Crippen LogP contribution in [0, 0.1) is 13.8 Å². The lowest BCUT2D eigenvalue weighted by molar-refractivity contribution is 0.199. The molecule has 0 fully saturated rings. The number of methoxy groups -OCH3 is 1. The molecule has 0 unspecified atom stereocenters. The Morgan fingerprint density at radius 3 is 2.64 bits per heavy atom. The zero-order valence-electron chi connectivity index (χ0n) is 9.42. The molecule has 1 aromatic rings. The van der Waals surface area contributed by atoms with E-state index < -0.39 is 0 Å². The van der Waals surface area contributed by atoms with Crippen LogP contribution >= 0.6 is 0 Å². The van der Waals surface area contributed by atoms with Crippen molar-refractivity contribution in [2.24, 2.45) is 7.05 Å². The van der Waals surface area contributed by atoms with Crippen molar-refractivity contribution in [1.29, 1.82) is 0 Å². The van der Waals surface area contributed by atoms with Crippen LogP contribution in [0.5, 0.6) is 0 Å². The smallest absolute Gasteiger partial charge is 0.0641 e. The van der Waals surface area contributed by atoms with Gasteiger partial charge in [-0.25, -0.2) is 0 Å². The third-order valence-electron chi connectivity index (χ3n) is 2.44. The van der Waals surface area contributed by atoms with E-state index in [1.807, 2.05) is 18.7 Å². The Bertz CT molecular complexity index is 294. The van der Waals surface area contributed by atoms with E-state index in [1.165, 1.54) is 11.3 Å². The molecule has 0 aliphatic heterocycles. The molecule has 14 heavy (non-hydrogen) atoms. The van der Waals surface area contributed by atoms with Gasteiger partial charge >= 0.3 is 0 Å². The molecule has 0 saturated carbocycles. The van der Waals surface area contributed by atoms with Crippen molar-refractivity contribution in [2.75, 3.05) is 20.3 Å². The molecule has 1 N–H and O–H groups in total. The van der Waals surface area contributed by atoms with Gasteiger partial charge in [0.15, 0.2) is 0 Å². The van der Waals surface area contributed by atoms with Gasteiger partial charge in [-0.3, -0.25) is 4.68 Å². The molecule has 4 heteroatoms.